The van der Waals surface area contributed by atoms with Crippen molar-refractivity contribution in [3.63, 3.8) is 0 Å². The summed E-state index contributed by atoms with van der Waals surface area (Å²) < 4.78 is 13.5. The number of nitro groups is 1. The molecule has 0 aliphatic carbocycles. The number of ketones is 1. The summed E-state index contributed by atoms with van der Waals surface area (Å²) in [6.45, 7) is 2.74. The van der Waals surface area contributed by atoms with Crippen LogP contribution in [0.2, 0.25) is 0 Å². The topological polar surface area (TPSA) is 96.5 Å². The average Bonchev–Trinajstić information content (AvgIpc) is 3.17. The number of methoxy groups -OCH3 is 1. The van der Waals surface area contributed by atoms with Gasteiger partial charge in [-0.05, 0) is 64.3 Å². The molecule has 0 aliphatic rings. The number of benzene rings is 2. The van der Waals surface area contributed by atoms with Crippen LogP contribution in [0.15, 0.2) is 59.2 Å². The highest BCUT2D eigenvalue weighted by Crippen LogP contribution is 2.29. The van der Waals surface area contributed by atoms with Gasteiger partial charge < -0.3 is 9.47 Å². The summed E-state index contributed by atoms with van der Waals surface area (Å²) in [6.07, 6.45) is 4.79. The third-order valence-corrected chi connectivity index (χ3v) is 5.06. The lowest BCUT2D eigenvalue weighted by molar-refractivity contribution is -0.384. The molecule has 3 rings (SSSR count). The molecule has 0 unspecified atom stereocenters. The number of hydrogen-bond donors (Lipinski definition) is 0. The molecular weight excluding hydrogens is 466 g/mol. The zero-order valence-corrected chi connectivity index (χ0v) is 18.5. The highest BCUT2D eigenvalue weighted by Gasteiger charge is 2.14. The van der Waals surface area contributed by atoms with Crippen LogP contribution < -0.4 is 9.47 Å². The molecule has 8 nitrogen and oxygen atoms in total. The number of ether oxygens (including phenoxy) is 2. The number of carbonyl (C=O) groups is 1. The lowest BCUT2D eigenvalue weighted by Gasteiger charge is -2.11. The number of carbonyl (C=O) groups excluding carboxylic acids is 1. The Morgan fingerprint density at radius 1 is 1.23 bits per heavy atom. The first-order chi connectivity index (χ1) is 14.9. The molecule has 3 aromatic rings. The van der Waals surface area contributed by atoms with Crippen molar-refractivity contribution >= 4 is 33.5 Å². The maximum Gasteiger partial charge on any atom is 0.269 e. The minimum Gasteiger partial charge on any atom is -0.493 e. The van der Waals surface area contributed by atoms with Crippen molar-refractivity contribution < 1.29 is 19.2 Å². The lowest BCUT2D eigenvalue weighted by Crippen LogP contribution is -2.07. The maximum absolute atomic E-state index is 12.6. The van der Waals surface area contributed by atoms with Gasteiger partial charge >= 0.3 is 0 Å². The van der Waals surface area contributed by atoms with Crippen LogP contribution in [0.5, 0.6) is 11.5 Å². The molecule has 0 N–H and O–H groups in total. The van der Waals surface area contributed by atoms with Crippen LogP contribution in [-0.2, 0) is 13.2 Å². The van der Waals surface area contributed by atoms with Gasteiger partial charge in [0.15, 0.2) is 11.5 Å². The summed E-state index contributed by atoms with van der Waals surface area (Å²) in [7, 11) is 1.53. The first kappa shape index (κ1) is 22.2. The van der Waals surface area contributed by atoms with E-state index in [4.69, 9.17) is 9.47 Å². The third-order valence-electron chi connectivity index (χ3n) is 4.48. The normalized spacial score (nSPS) is 10.9. The van der Waals surface area contributed by atoms with Crippen molar-refractivity contribution in [1.82, 2.24) is 9.78 Å². The van der Waals surface area contributed by atoms with Crippen LogP contribution in [0.4, 0.5) is 5.69 Å². The van der Waals surface area contributed by atoms with Crippen molar-refractivity contribution in [2.75, 3.05) is 7.11 Å². The van der Waals surface area contributed by atoms with E-state index in [0.29, 0.717) is 28.2 Å². The van der Waals surface area contributed by atoms with E-state index in [1.165, 1.54) is 25.3 Å². The Balaban J connectivity index is 1.70. The quantitative estimate of drug-likeness (QED) is 0.182. The molecule has 0 amide bonds. The summed E-state index contributed by atoms with van der Waals surface area (Å²) in [5.41, 5.74) is 2.08. The molecule has 0 radical (unpaired) electrons. The Morgan fingerprint density at radius 3 is 2.61 bits per heavy atom. The maximum atomic E-state index is 12.6. The molecule has 0 spiro atoms. The van der Waals surface area contributed by atoms with Crippen molar-refractivity contribution in [3.8, 4) is 11.5 Å². The minimum absolute atomic E-state index is 0.0287. The van der Waals surface area contributed by atoms with Gasteiger partial charge in [0.1, 0.15) is 12.3 Å². The van der Waals surface area contributed by atoms with Gasteiger partial charge in [0.2, 0.25) is 5.78 Å². The minimum atomic E-state index is -0.445. The molecule has 0 saturated carbocycles. The van der Waals surface area contributed by atoms with Gasteiger partial charge in [-0.2, -0.15) is 5.10 Å². The molecule has 0 fully saturated rings. The number of aryl methyl sites for hydroxylation is 1. The number of rotatable bonds is 9. The molecule has 31 heavy (non-hydrogen) atoms. The Hall–Kier alpha value is -3.46. The predicted molar refractivity (Wildman–Crippen MR) is 119 cm³/mol. The zero-order valence-electron chi connectivity index (χ0n) is 16.9. The molecule has 9 heteroatoms. The summed E-state index contributed by atoms with van der Waals surface area (Å²) in [6, 6.07) is 11.5. The molecule has 160 valence electrons. The van der Waals surface area contributed by atoms with E-state index >= 15 is 0 Å². The summed E-state index contributed by atoms with van der Waals surface area (Å²) in [5, 5.41) is 14.9. The van der Waals surface area contributed by atoms with E-state index in [-0.39, 0.29) is 18.1 Å². The Kier molecular flexibility index (Phi) is 7.19. The smallest absolute Gasteiger partial charge is 0.269 e. The number of halogens is 1. The number of non-ortho nitro benzene ring substituents is 1. The molecule has 0 aliphatic heterocycles. The van der Waals surface area contributed by atoms with Crippen LogP contribution >= 0.6 is 15.9 Å². The summed E-state index contributed by atoms with van der Waals surface area (Å²) in [4.78, 5) is 22.8. The predicted octanol–water partition coefficient (Wildman–Crippen LogP) is 5.06. The molecule has 0 atom stereocenters. The van der Waals surface area contributed by atoms with Gasteiger partial charge in [-0.3, -0.25) is 19.6 Å². The van der Waals surface area contributed by atoms with Crippen molar-refractivity contribution in [3.05, 3.63) is 86.1 Å². The molecule has 0 bridgehead atoms. The first-order valence-corrected chi connectivity index (χ1v) is 10.2. The lowest BCUT2D eigenvalue weighted by atomic mass is 10.1. The van der Waals surface area contributed by atoms with Crippen LogP contribution in [0.25, 0.3) is 6.08 Å². The number of nitrogens with zero attached hydrogens (tertiary/aromatic N) is 3. The SMILES string of the molecule is CCn1ncc(Br)c1C(=O)/C=C/c1ccc(OCc2ccc([N+](=O)[O-])cc2)c(OC)c1. The van der Waals surface area contributed by atoms with Crippen LogP contribution in [0.1, 0.15) is 28.5 Å². The fourth-order valence-electron chi connectivity index (χ4n) is 2.88. The standard InChI is InChI=1S/C22H20BrN3O5/c1-3-25-22(18(23)13-24-25)19(27)10-6-15-7-11-20(21(12-15)30-2)31-14-16-4-8-17(9-5-16)26(28)29/h4-13H,3,14H2,1-2H3/b10-6+. The number of allylic oxidation sites excluding steroid dienone is 1. The zero-order chi connectivity index (χ0) is 22.4. The molecule has 0 saturated heterocycles. The van der Waals surface area contributed by atoms with Gasteiger partial charge in [-0.25, -0.2) is 0 Å². The third kappa shape index (κ3) is 5.37. The largest absolute Gasteiger partial charge is 0.493 e. The van der Waals surface area contributed by atoms with E-state index in [0.717, 1.165) is 11.1 Å². The Bertz CT molecular complexity index is 1120. The highest BCUT2D eigenvalue weighted by atomic mass is 79.9. The first-order valence-electron chi connectivity index (χ1n) is 9.40. The van der Waals surface area contributed by atoms with Gasteiger partial charge in [0, 0.05) is 18.7 Å². The van der Waals surface area contributed by atoms with Crippen LogP contribution in [0, 0.1) is 10.1 Å². The van der Waals surface area contributed by atoms with Gasteiger partial charge in [0.05, 0.1) is 22.7 Å². The van der Waals surface area contributed by atoms with Gasteiger partial charge in [-0.1, -0.05) is 12.1 Å². The van der Waals surface area contributed by atoms with E-state index in [9.17, 15) is 14.9 Å². The fourth-order valence-corrected chi connectivity index (χ4v) is 3.37. The number of hydrogen-bond acceptors (Lipinski definition) is 6. The van der Waals surface area contributed by atoms with E-state index in [1.807, 2.05) is 13.0 Å². The second-order valence-corrected chi connectivity index (χ2v) is 7.33. The van der Waals surface area contributed by atoms with Gasteiger partial charge in [0.25, 0.3) is 5.69 Å². The molecular formula is C22H20BrN3O5. The Labute approximate surface area is 187 Å². The second-order valence-electron chi connectivity index (χ2n) is 6.48. The average molecular weight is 486 g/mol. The number of aromatic nitrogens is 2. The van der Waals surface area contributed by atoms with Crippen molar-refractivity contribution in [2.24, 2.45) is 0 Å². The molecule has 2 aromatic carbocycles. The fraction of sp³-hybridized carbons (Fsp3) is 0.182. The molecule has 1 heterocycles. The van der Waals surface area contributed by atoms with Crippen molar-refractivity contribution in [2.45, 2.75) is 20.1 Å². The van der Waals surface area contributed by atoms with E-state index < -0.39 is 4.92 Å². The second kappa shape index (κ2) is 10.0. The van der Waals surface area contributed by atoms with Crippen molar-refractivity contribution in [1.29, 1.82) is 0 Å². The Morgan fingerprint density at radius 2 is 1.97 bits per heavy atom. The summed E-state index contributed by atoms with van der Waals surface area (Å²) in [5.74, 6) is 0.871. The number of nitro benzene ring substituents is 1. The van der Waals surface area contributed by atoms with E-state index in [2.05, 4.69) is 21.0 Å². The summed E-state index contributed by atoms with van der Waals surface area (Å²) >= 11 is 3.36. The monoisotopic (exact) mass is 485 g/mol. The highest BCUT2D eigenvalue weighted by molar-refractivity contribution is 9.10. The van der Waals surface area contributed by atoms with Crippen LogP contribution in [0.3, 0.4) is 0 Å². The van der Waals surface area contributed by atoms with Gasteiger partial charge in [-0.15, -0.1) is 0 Å². The van der Waals surface area contributed by atoms with E-state index in [1.54, 1.807) is 41.2 Å². The molecule has 1 aromatic heterocycles. The van der Waals surface area contributed by atoms with Crippen LogP contribution in [-0.4, -0.2) is 27.6 Å².